The zero-order valence-electron chi connectivity index (χ0n) is 25.8. The van der Waals surface area contributed by atoms with Crippen LogP contribution >= 0.6 is 0 Å². The van der Waals surface area contributed by atoms with E-state index in [0.29, 0.717) is 31.6 Å². The molecule has 0 spiro atoms. The zero-order chi connectivity index (χ0) is 31.1. The molecule has 2 rings (SSSR count). The Kier molecular flexibility index (Phi) is 16.5. The highest BCUT2D eigenvalue weighted by Crippen LogP contribution is 2.26. The zero-order valence-corrected chi connectivity index (χ0v) is 25.8. The maximum absolute atomic E-state index is 13.2. The Labute approximate surface area is 251 Å². The van der Waals surface area contributed by atoms with Gasteiger partial charge in [0, 0.05) is 13.5 Å². The molecule has 9 atom stereocenters. The molecule has 9 nitrogen and oxygen atoms in total. The molecule has 0 aromatic heterocycles. The second-order valence-electron chi connectivity index (χ2n) is 11.3. The number of hydrogen-bond donors (Lipinski definition) is 4. The average Bonchev–Trinajstić information content (AvgIpc) is 2.95. The molecule has 1 fully saturated rings. The lowest BCUT2D eigenvalue weighted by molar-refractivity contribution is -0.312. The summed E-state index contributed by atoms with van der Waals surface area (Å²) in [6.07, 6.45) is 11.7. The molecule has 0 bridgehead atoms. The van der Waals surface area contributed by atoms with Gasteiger partial charge in [0.1, 0.15) is 30.5 Å². The first-order chi connectivity index (χ1) is 20.1. The minimum atomic E-state index is -1.57. The van der Waals surface area contributed by atoms with Crippen molar-refractivity contribution in [2.24, 2.45) is 5.92 Å². The summed E-state index contributed by atoms with van der Waals surface area (Å²) in [6.45, 7) is 7.61. The molecule has 4 N–H and O–H groups in total. The van der Waals surface area contributed by atoms with E-state index in [9.17, 15) is 25.2 Å². The van der Waals surface area contributed by atoms with Crippen LogP contribution < -0.4 is 0 Å². The predicted molar refractivity (Wildman–Crippen MR) is 161 cm³/mol. The van der Waals surface area contributed by atoms with Crippen molar-refractivity contribution >= 4 is 5.97 Å². The fourth-order valence-electron chi connectivity index (χ4n) is 5.18. The van der Waals surface area contributed by atoms with Gasteiger partial charge in [0.2, 0.25) is 0 Å². The van der Waals surface area contributed by atoms with Crippen LogP contribution in [0.1, 0.15) is 72.6 Å². The highest BCUT2D eigenvalue weighted by molar-refractivity contribution is 5.70. The highest BCUT2D eigenvalue weighted by atomic mass is 16.7. The van der Waals surface area contributed by atoms with E-state index in [0.717, 1.165) is 24.0 Å². The Hall–Kier alpha value is -2.11. The molecular weight excluding hydrogens is 540 g/mol. The molecule has 2 aliphatic rings. The van der Waals surface area contributed by atoms with Gasteiger partial charge in [-0.25, -0.2) is 0 Å². The van der Waals surface area contributed by atoms with Crippen LogP contribution in [0.4, 0.5) is 0 Å². The maximum Gasteiger partial charge on any atom is 0.309 e. The monoisotopic (exact) mass is 592 g/mol. The summed E-state index contributed by atoms with van der Waals surface area (Å²) >= 11 is 0. The van der Waals surface area contributed by atoms with Crippen molar-refractivity contribution in [1.82, 2.24) is 0 Å². The third-order valence-electron chi connectivity index (χ3n) is 7.59. The number of cyclic esters (lactones) is 1. The van der Waals surface area contributed by atoms with E-state index in [-0.39, 0.29) is 12.5 Å². The molecule has 0 amide bonds. The fourth-order valence-corrected chi connectivity index (χ4v) is 5.18. The molecule has 1 saturated heterocycles. The van der Waals surface area contributed by atoms with Crippen LogP contribution in [-0.2, 0) is 23.7 Å². The van der Waals surface area contributed by atoms with Crippen molar-refractivity contribution < 1.29 is 44.2 Å². The Morgan fingerprint density at radius 1 is 1.10 bits per heavy atom. The Bertz CT molecular complexity index is 951. The van der Waals surface area contributed by atoms with Crippen LogP contribution in [0.15, 0.2) is 59.8 Å². The number of aliphatic hydroxyl groups is 4. The van der Waals surface area contributed by atoms with Crippen LogP contribution in [-0.4, -0.2) is 89.1 Å². The Morgan fingerprint density at radius 3 is 2.48 bits per heavy atom. The maximum atomic E-state index is 13.2. The van der Waals surface area contributed by atoms with Crippen LogP contribution in [0.5, 0.6) is 0 Å². The predicted octanol–water partition coefficient (Wildman–Crippen LogP) is 4.06. The first-order valence-electron chi connectivity index (χ1n) is 15.1. The number of aliphatic hydroxyl groups excluding tert-OH is 4. The van der Waals surface area contributed by atoms with Crippen LogP contribution in [0.25, 0.3) is 0 Å². The van der Waals surface area contributed by atoms with Crippen LogP contribution in [0, 0.1) is 5.92 Å². The molecule has 0 aromatic rings. The van der Waals surface area contributed by atoms with Gasteiger partial charge in [-0.2, -0.15) is 0 Å². The van der Waals surface area contributed by atoms with Gasteiger partial charge in [0.15, 0.2) is 6.29 Å². The van der Waals surface area contributed by atoms with E-state index in [2.05, 4.69) is 26.0 Å². The second-order valence-corrected chi connectivity index (χ2v) is 11.3. The van der Waals surface area contributed by atoms with E-state index in [1.807, 2.05) is 50.3 Å². The van der Waals surface area contributed by atoms with Gasteiger partial charge in [-0.1, -0.05) is 55.0 Å². The third-order valence-corrected chi connectivity index (χ3v) is 7.59. The first kappa shape index (κ1) is 36.1. The van der Waals surface area contributed by atoms with Crippen LogP contribution in [0.3, 0.4) is 0 Å². The smallest absolute Gasteiger partial charge is 0.309 e. The molecule has 0 radical (unpaired) electrons. The first-order valence-corrected chi connectivity index (χ1v) is 15.1. The number of hydrogen-bond acceptors (Lipinski definition) is 9. The van der Waals surface area contributed by atoms with Gasteiger partial charge < -0.3 is 39.4 Å². The Morgan fingerprint density at radius 2 is 1.81 bits per heavy atom. The number of esters is 1. The van der Waals surface area contributed by atoms with Crippen LogP contribution in [0.2, 0.25) is 0 Å². The molecule has 0 aromatic carbocycles. The van der Waals surface area contributed by atoms with E-state index < -0.39 is 55.5 Å². The van der Waals surface area contributed by atoms with E-state index >= 15 is 0 Å². The fraction of sp³-hybridized carbons (Fsp3) is 0.667. The van der Waals surface area contributed by atoms with Gasteiger partial charge in [0.05, 0.1) is 25.2 Å². The molecule has 42 heavy (non-hydrogen) atoms. The summed E-state index contributed by atoms with van der Waals surface area (Å²) in [5.74, 6) is -0.137. The van der Waals surface area contributed by atoms with Gasteiger partial charge in [-0.3, -0.25) is 4.79 Å². The van der Waals surface area contributed by atoms with Gasteiger partial charge >= 0.3 is 5.97 Å². The summed E-state index contributed by atoms with van der Waals surface area (Å²) in [5.41, 5.74) is 2.21. The van der Waals surface area contributed by atoms with Gasteiger partial charge in [-0.05, 0) is 70.4 Å². The molecule has 9 unspecified atom stereocenters. The van der Waals surface area contributed by atoms with E-state index in [1.165, 1.54) is 0 Å². The summed E-state index contributed by atoms with van der Waals surface area (Å²) in [4.78, 5) is 13.2. The average molecular weight is 593 g/mol. The van der Waals surface area contributed by atoms with Crippen molar-refractivity contribution in [2.75, 3.05) is 13.7 Å². The number of carbonyl (C=O) groups is 1. The molecule has 238 valence electrons. The van der Waals surface area contributed by atoms with Crippen molar-refractivity contribution in [3.8, 4) is 0 Å². The molecule has 0 aliphatic carbocycles. The SMILES string of the molecule is CC=CCC(C)=CC1CC=CC=CCC(C)C=C(C)C(OC)CCCC(OC2OC(CO)C(O)C(O)C2O)CC(=O)O1. The lowest BCUT2D eigenvalue weighted by atomic mass is 9.97. The molecule has 2 heterocycles. The molecule has 2 aliphatic heterocycles. The van der Waals surface area contributed by atoms with E-state index in [4.69, 9.17) is 18.9 Å². The number of methoxy groups -OCH3 is 1. The normalized spacial score (nSPS) is 35.0. The van der Waals surface area contributed by atoms with E-state index in [1.54, 1.807) is 7.11 Å². The van der Waals surface area contributed by atoms with Gasteiger partial charge in [0.25, 0.3) is 0 Å². The lowest BCUT2D eigenvalue weighted by Crippen LogP contribution is -2.59. The lowest BCUT2D eigenvalue weighted by Gasteiger charge is -2.40. The van der Waals surface area contributed by atoms with Crippen molar-refractivity contribution in [2.45, 2.75) is 122 Å². The summed E-state index contributed by atoms with van der Waals surface area (Å²) in [7, 11) is 1.68. The minimum Gasteiger partial charge on any atom is -0.458 e. The highest BCUT2D eigenvalue weighted by Gasteiger charge is 2.45. The van der Waals surface area contributed by atoms with Gasteiger partial charge in [-0.15, -0.1) is 0 Å². The van der Waals surface area contributed by atoms with Crippen molar-refractivity contribution in [1.29, 1.82) is 0 Å². The third kappa shape index (κ3) is 12.2. The number of rotatable bonds is 7. The number of ether oxygens (including phenoxy) is 4. The number of carbonyl (C=O) groups excluding carboxylic acids is 1. The molecular formula is C33H52O9. The second kappa shape index (κ2) is 19.2. The van der Waals surface area contributed by atoms with Crippen molar-refractivity contribution in [3.05, 3.63) is 59.8 Å². The molecule has 0 saturated carbocycles. The quantitative estimate of drug-likeness (QED) is 0.255. The minimum absolute atomic E-state index is 0.107. The van der Waals surface area contributed by atoms with Crippen molar-refractivity contribution in [3.63, 3.8) is 0 Å². The summed E-state index contributed by atoms with van der Waals surface area (Å²) in [6, 6.07) is 0. The summed E-state index contributed by atoms with van der Waals surface area (Å²) in [5, 5.41) is 40.5. The number of allylic oxidation sites excluding steroid dienone is 7. The standard InChI is InChI=1S/C33H52O9/c1-6-7-13-23(3)19-25-15-11-9-8-10-14-22(2)18-24(4)27(39-5)17-12-16-26(20-29(35)40-25)41-33-32(38)31(37)30(36)28(21-34)42-33/h6-11,18-19,22,25-28,30-34,36-38H,12-17,20-21H2,1-5H3. The summed E-state index contributed by atoms with van der Waals surface area (Å²) < 4.78 is 23.2. The topological polar surface area (TPSA) is 135 Å². The largest absolute Gasteiger partial charge is 0.458 e. The Balaban J connectivity index is 2.31. The molecule has 9 heteroatoms.